The smallest absolute Gasteiger partial charge is 0.111 e. The molecular weight excluding hydrogens is 342 g/mol. The molecule has 4 aliphatic rings. The largest absolute Gasteiger partial charge is 0.343 e. The molecule has 2 saturated heterocycles. The van der Waals surface area contributed by atoms with Gasteiger partial charge in [0, 0.05) is 18.3 Å². The number of likely N-dealkylation sites (tertiary alicyclic amines) is 1. The van der Waals surface area contributed by atoms with Gasteiger partial charge in [-0.1, -0.05) is 49.7 Å². The van der Waals surface area contributed by atoms with E-state index in [1.165, 1.54) is 86.3 Å². The highest BCUT2D eigenvalue weighted by molar-refractivity contribution is 5.99. The average molecular weight is 378 g/mol. The van der Waals surface area contributed by atoms with Crippen LogP contribution in [0.5, 0.6) is 0 Å². The number of rotatable bonds is 3. The third-order valence-electron chi connectivity index (χ3n) is 7.07. The molecule has 3 heteroatoms. The highest BCUT2D eigenvalue weighted by atomic mass is 15.1. The van der Waals surface area contributed by atoms with Crippen LogP contribution in [0.1, 0.15) is 71.6 Å². The first-order valence-corrected chi connectivity index (χ1v) is 11.3. The third-order valence-corrected chi connectivity index (χ3v) is 7.07. The molecule has 1 atom stereocenters. The molecule has 0 radical (unpaired) electrons. The fourth-order valence-electron chi connectivity index (χ4n) is 5.25. The summed E-state index contributed by atoms with van der Waals surface area (Å²) in [6.45, 7) is 6.94. The molecule has 2 aliphatic carbocycles. The summed E-state index contributed by atoms with van der Waals surface area (Å²) in [6.07, 6.45) is 15.9. The summed E-state index contributed by atoms with van der Waals surface area (Å²) in [5.74, 6) is 8.36. The molecule has 1 spiro atoms. The minimum absolute atomic E-state index is 0.169. The Morgan fingerprint density at radius 2 is 2.00 bits per heavy atom. The summed E-state index contributed by atoms with van der Waals surface area (Å²) in [7, 11) is 1.92. The first kappa shape index (κ1) is 19.5. The lowest BCUT2D eigenvalue weighted by Crippen LogP contribution is -2.38. The molecular formula is C25H35N3. The van der Waals surface area contributed by atoms with Gasteiger partial charge in [-0.05, 0) is 70.2 Å². The Labute approximate surface area is 171 Å². The topological polar surface area (TPSA) is 27.6 Å². The fraction of sp³-hybridized carbons (Fsp3) is 0.640. The number of hydrogen-bond donors (Lipinski definition) is 1. The number of hydrogen-bond acceptors (Lipinski definition) is 2. The van der Waals surface area contributed by atoms with Crippen LogP contribution < -0.4 is 5.32 Å². The highest BCUT2D eigenvalue weighted by Crippen LogP contribution is 2.54. The van der Waals surface area contributed by atoms with Crippen LogP contribution in [0.4, 0.5) is 0 Å². The summed E-state index contributed by atoms with van der Waals surface area (Å²) >= 11 is 0. The molecule has 150 valence electrons. The summed E-state index contributed by atoms with van der Waals surface area (Å²) in [6, 6.07) is 0.340. The second-order valence-electron chi connectivity index (χ2n) is 8.82. The Balaban J connectivity index is 1.63. The summed E-state index contributed by atoms with van der Waals surface area (Å²) in [5.41, 5.74) is 5.64. The lowest BCUT2D eigenvalue weighted by atomic mass is 9.64. The van der Waals surface area contributed by atoms with E-state index in [2.05, 4.69) is 53.0 Å². The van der Waals surface area contributed by atoms with E-state index in [-0.39, 0.29) is 5.41 Å². The number of nitrogens with one attached hydrogen (secondary N) is 1. The van der Waals surface area contributed by atoms with Crippen molar-refractivity contribution in [1.82, 2.24) is 10.2 Å². The minimum atomic E-state index is 0.169. The van der Waals surface area contributed by atoms with E-state index in [9.17, 15) is 0 Å². The van der Waals surface area contributed by atoms with E-state index in [0.29, 0.717) is 6.04 Å². The molecule has 2 aliphatic heterocycles. The van der Waals surface area contributed by atoms with Crippen molar-refractivity contribution in [3.05, 3.63) is 34.6 Å². The minimum Gasteiger partial charge on any atom is -0.343 e. The van der Waals surface area contributed by atoms with Gasteiger partial charge in [-0.3, -0.25) is 9.89 Å². The van der Waals surface area contributed by atoms with E-state index in [1.807, 2.05) is 7.05 Å². The maximum absolute atomic E-state index is 4.60. The van der Waals surface area contributed by atoms with Gasteiger partial charge in [0.25, 0.3) is 0 Å². The molecule has 3 nitrogen and oxygen atoms in total. The van der Waals surface area contributed by atoms with Gasteiger partial charge in [0.2, 0.25) is 0 Å². The number of allylic oxidation sites excluding steroid dienone is 5. The van der Waals surface area contributed by atoms with Crippen LogP contribution in [0.15, 0.2) is 39.6 Å². The molecule has 1 unspecified atom stereocenters. The van der Waals surface area contributed by atoms with Gasteiger partial charge in [-0.2, -0.15) is 0 Å². The number of fused-ring (bicyclic) bond motifs is 2. The molecule has 28 heavy (non-hydrogen) atoms. The van der Waals surface area contributed by atoms with E-state index in [1.54, 1.807) is 0 Å². The van der Waals surface area contributed by atoms with E-state index in [0.717, 1.165) is 12.8 Å². The quantitative estimate of drug-likeness (QED) is 0.703. The van der Waals surface area contributed by atoms with Gasteiger partial charge in [0.15, 0.2) is 0 Å². The Kier molecular flexibility index (Phi) is 5.78. The zero-order valence-corrected chi connectivity index (χ0v) is 17.9. The van der Waals surface area contributed by atoms with Crippen LogP contribution >= 0.6 is 0 Å². The lowest BCUT2D eigenvalue weighted by Gasteiger charge is -2.38. The normalized spacial score (nSPS) is 26.5. The predicted octanol–water partition coefficient (Wildman–Crippen LogP) is 4.98. The zero-order valence-electron chi connectivity index (χ0n) is 17.9. The Bertz CT molecular complexity index is 789. The Morgan fingerprint density at radius 3 is 2.64 bits per heavy atom. The van der Waals surface area contributed by atoms with Crippen molar-refractivity contribution in [2.45, 2.75) is 77.7 Å². The first-order valence-electron chi connectivity index (χ1n) is 11.3. The summed E-state index contributed by atoms with van der Waals surface area (Å²) in [5, 5.41) is 3.65. The van der Waals surface area contributed by atoms with Gasteiger partial charge in [-0.25, -0.2) is 0 Å². The zero-order chi connectivity index (χ0) is 19.6. The molecule has 3 fully saturated rings. The van der Waals surface area contributed by atoms with Gasteiger partial charge in [-0.15, -0.1) is 0 Å². The molecule has 4 rings (SSSR count). The molecule has 0 aromatic heterocycles. The van der Waals surface area contributed by atoms with Crippen molar-refractivity contribution in [2.75, 3.05) is 20.1 Å². The van der Waals surface area contributed by atoms with Gasteiger partial charge < -0.3 is 5.32 Å². The fourth-order valence-corrected chi connectivity index (χ4v) is 5.25. The molecule has 0 amide bonds. The molecule has 0 bridgehead atoms. The molecule has 0 aromatic carbocycles. The highest BCUT2D eigenvalue weighted by Gasteiger charge is 2.50. The van der Waals surface area contributed by atoms with Crippen molar-refractivity contribution in [1.29, 1.82) is 0 Å². The molecule has 1 saturated carbocycles. The number of amidine groups is 1. The van der Waals surface area contributed by atoms with Crippen molar-refractivity contribution < 1.29 is 0 Å². The number of nitrogens with zero attached hydrogens (tertiary/aromatic N) is 2. The molecule has 1 N–H and O–H groups in total. The maximum atomic E-state index is 4.60. The second-order valence-corrected chi connectivity index (χ2v) is 8.82. The maximum Gasteiger partial charge on any atom is 0.111 e. The average Bonchev–Trinajstić information content (AvgIpc) is 2.92. The molecule has 2 heterocycles. The van der Waals surface area contributed by atoms with E-state index in [4.69, 9.17) is 0 Å². The SMILES string of the molecule is CCCC1=C(C#CC(C)N2CCCCC2)C=C2NC(=NC)C3(CCC3)C2=CC1. The standard InChI is InChI=1S/C25H35N3/c1-4-9-20-12-13-22-23(27-24(26-3)25(22)14-8-15-25)18-21(20)11-10-19(2)28-16-6-5-7-17-28/h13,18-19H,4-9,12,14-17H2,1-3H3,(H,26,27). The van der Waals surface area contributed by atoms with Gasteiger partial charge in [0.1, 0.15) is 5.84 Å². The summed E-state index contributed by atoms with van der Waals surface area (Å²) < 4.78 is 0. The van der Waals surface area contributed by atoms with Crippen molar-refractivity contribution in [3.63, 3.8) is 0 Å². The lowest BCUT2D eigenvalue weighted by molar-refractivity contribution is 0.206. The second kappa shape index (κ2) is 8.29. The van der Waals surface area contributed by atoms with Crippen LogP contribution in [0.25, 0.3) is 0 Å². The Hall–Kier alpha value is -1.79. The van der Waals surface area contributed by atoms with Gasteiger partial charge in [0.05, 0.1) is 11.5 Å². The van der Waals surface area contributed by atoms with Crippen LogP contribution in [-0.2, 0) is 0 Å². The van der Waals surface area contributed by atoms with Crippen molar-refractivity contribution >= 4 is 5.84 Å². The van der Waals surface area contributed by atoms with Crippen LogP contribution in [0.3, 0.4) is 0 Å². The first-order chi connectivity index (χ1) is 13.7. The van der Waals surface area contributed by atoms with Crippen LogP contribution in [-0.4, -0.2) is 36.9 Å². The van der Waals surface area contributed by atoms with E-state index < -0.39 is 0 Å². The molecule has 0 aromatic rings. The van der Waals surface area contributed by atoms with Crippen molar-refractivity contribution in [2.24, 2.45) is 10.4 Å². The monoisotopic (exact) mass is 377 g/mol. The number of aliphatic imine (C=N–C) groups is 1. The Morgan fingerprint density at radius 1 is 1.21 bits per heavy atom. The van der Waals surface area contributed by atoms with Crippen molar-refractivity contribution in [3.8, 4) is 11.8 Å². The number of piperidine rings is 1. The van der Waals surface area contributed by atoms with Crippen LogP contribution in [0, 0.1) is 17.3 Å². The predicted molar refractivity (Wildman–Crippen MR) is 118 cm³/mol. The van der Waals surface area contributed by atoms with Crippen LogP contribution in [0.2, 0.25) is 0 Å². The van der Waals surface area contributed by atoms with Gasteiger partial charge >= 0.3 is 0 Å². The van der Waals surface area contributed by atoms with E-state index >= 15 is 0 Å². The summed E-state index contributed by atoms with van der Waals surface area (Å²) in [4.78, 5) is 7.14. The third kappa shape index (κ3) is 3.48.